The molecule has 1 aromatic carbocycles. The van der Waals surface area contributed by atoms with Crippen LogP contribution < -0.4 is 16.8 Å². The quantitative estimate of drug-likeness (QED) is 0.801. The van der Waals surface area contributed by atoms with E-state index in [1.165, 1.54) is 25.3 Å². The molecule has 0 aliphatic carbocycles. The predicted octanol–water partition coefficient (Wildman–Crippen LogP) is 2.09. The van der Waals surface area contributed by atoms with Gasteiger partial charge in [-0.2, -0.15) is 0 Å². The first-order chi connectivity index (χ1) is 9.40. The van der Waals surface area contributed by atoms with Crippen molar-refractivity contribution in [2.24, 2.45) is 5.73 Å². The Balaban J connectivity index is 2.43. The normalized spacial score (nSPS) is 10.3. The standard InChI is InChI=1S/C13H12F2N4O/c1-6-2-3-8(14)12(11(6)15)19-10-4-7(13(17)20)9(16)5-18-10/h2-5H,16H2,1H3,(H2,17,20)(H,18,19). The van der Waals surface area contributed by atoms with Crippen LogP contribution in [0, 0.1) is 18.6 Å². The van der Waals surface area contributed by atoms with E-state index in [0.29, 0.717) is 0 Å². The van der Waals surface area contributed by atoms with Crippen LogP contribution in [0.15, 0.2) is 24.4 Å². The van der Waals surface area contributed by atoms with Crippen molar-refractivity contribution < 1.29 is 13.6 Å². The molecule has 7 heteroatoms. The van der Waals surface area contributed by atoms with Gasteiger partial charge < -0.3 is 16.8 Å². The average molecular weight is 278 g/mol. The van der Waals surface area contributed by atoms with E-state index in [0.717, 1.165) is 6.07 Å². The Kier molecular flexibility index (Phi) is 3.51. The molecular weight excluding hydrogens is 266 g/mol. The molecule has 0 aliphatic rings. The zero-order valence-corrected chi connectivity index (χ0v) is 10.6. The molecule has 0 fully saturated rings. The number of primary amides is 1. The highest BCUT2D eigenvalue weighted by Gasteiger charge is 2.14. The molecule has 0 atom stereocenters. The molecule has 2 aromatic rings. The number of nitrogens with one attached hydrogen (secondary N) is 1. The maximum Gasteiger partial charge on any atom is 0.250 e. The molecule has 0 saturated heterocycles. The van der Waals surface area contributed by atoms with Crippen LogP contribution in [0.4, 0.5) is 26.0 Å². The van der Waals surface area contributed by atoms with Crippen LogP contribution in [0.5, 0.6) is 0 Å². The second kappa shape index (κ2) is 5.12. The molecule has 0 spiro atoms. The molecule has 1 heterocycles. The summed E-state index contributed by atoms with van der Waals surface area (Å²) in [7, 11) is 0. The van der Waals surface area contributed by atoms with Crippen molar-refractivity contribution in [3.63, 3.8) is 0 Å². The predicted molar refractivity (Wildman–Crippen MR) is 71.5 cm³/mol. The monoisotopic (exact) mass is 278 g/mol. The lowest BCUT2D eigenvalue weighted by Crippen LogP contribution is -2.14. The summed E-state index contributed by atoms with van der Waals surface area (Å²) in [6.07, 6.45) is 1.19. The van der Waals surface area contributed by atoms with E-state index in [2.05, 4.69) is 10.3 Å². The fourth-order valence-electron chi connectivity index (χ4n) is 1.65. The zero-order valence-electron chi connectivity index (χ0n) is 10.6. The highest BCUT2D eigenvalue weighted by molar-refractivity contribution is 5.98. The topological polar surface area (TPSA) is 94.0 Å². The summed E-state index contributed by atoms with van der Waals surface area (Å²) in [6, 6.07) is 3.69. The van der Waals surface area contributed by atoms with Gasteiger partial charge in [0.1, 0.15) is 17.3 Å². The smallest absolute Gasteiger partial charge is 0.250 e. The third-order valence-corrected chi connectivity index (χ3v) is 2.74. The second-order valence-electron chi connectivity index (χ2n) is 4.20. The van der Waals surface area contributed by atoms with Crippen molar-refractivity contribution in [2.45, 2.75) is 6.92 Å². The number of nitrogens with zero attached hydrogens (tertiary/aromatic N) is 1. The van der Waals surface area contributed by atoms with Gasteiger partial charge in [0.25, 0.3) is 5.91 Å². The Hall–Kier alpha value is -2.70. The number of aromatic nitrogens is 1. The van der Waals surface area contributed by atoms with Gasteiger partial charge in [-0.25, -0.2) is 13.8 Å². The number of nitrogens with two attached hydrogens (primary N) is 2. The van der Waals surface area contributed by atoms with Crippen molar-refractivity contribution in [1.29, 1.82) is 0 Å². The number of nitrogen functional groups attached to an aromatic ring is 1. The lowest BCUT2D eigenvalue weighted by Gasteiger charge is -2.11. The number of aryl methyl sites for hydroxylation is 1. The molecule has 2 rings (SSSR count). The molecule has 1 aromatic heterocycles. The van der Waals surface area contributed by atoms with Crippen LogP contribution in [-0.2, 0) is 0 Å². The molecule has 5 nitrogen and oxygen atoms in total. The molecule has 20 heavy (non-hydrogen) atoms. The number of hydrogen-bond acceptors (Lipinski definition) is 4. The summed E-state index contributed by atoms with van der Waals surface area (Å²) in [5.74, 6) is -2.19. The molecule has 0 bridgehead atoms. The maximum absolute atomic E-state index is 13.8. The van der Waals surface area contributed by atoms with Crippen molar-refractivity contribution in [3.05, 3.63) is 47.2 Å². The van der Waals surface area contributed by atoms with Gasteiger partial charge in [-0.05, 0) is 24.6 Å². The SMILES string of the molecule is Cc1ccc(F)c(Nc2cc(C(N)=O)c(N)cn2)c1F. The highest BCUT2D eigenvalue weighted by atomic mass is 19.1. The van der Waals surface area contributed by atoms with Crippen LogP contribution in [-0.4, -0.2) is 10.9 Å². The van der Waals surface area contributed by atoms with Gasteiger partial charge >= 0.3 is 0 Å². The van der Waals surface area contributed by atoms with E-state index in [1.54, 1.807) is 0 Å². The van der Waals surface area contributed by atoms with E-state index >= 15 is 0 Å². The minimum Gasteiger partial charge on any atom is -0.397 e. The van der Waals surface area contributed by atoms with Gasteiger partial charge in [-0.3, -0.25) is 4.79 Å². The average Bonchev–Trinajstić information content (AvgIpc) is 2.40. The van der Waals surface area contributed by atoms with E-state index in [4.69, 9.17) is 11.5 Å². The first-order valence-corrected chi connectivity index (χ1v) is 5.67. The number of amides is 1. The molecule has 0 unspecified atom stereocenters. The van der Waals surface area contributed by atoms with Gasteiger partial charge in [0, 0.05) is 0 Å². The lowest BCUT2D eigenvalue weighted by atomic mass is 10.2. The minimum absolute atomic E-state index is 0.0240. The minimum atomic E-state index is -0.771. The number of benzene rings is 1. The summed E-state index contributed by atoms with van der Waals surface area (Å²) < 4.78 is 27.4. The molecular formula is C13H12F2N4O. The Labute approximate surface area is 113 Å². The Morgan fingerprint density at radius 3 is 2.70 bits per heavy atom. The molecule has 0 aliphatic heterocycles. The maximum atomic E-state index is 13.8. The van der Waals surface area contributed by atoms with Crippen molar-refractivity contribution >= 4 is 23.1 Å². The van der Waals surface area contributed by atoms with Crippen LogP contribution in [0.25, 0.3) is 0 Å². The highest BCUT2D eigenvalue weighted by Crippen LogP contribution is 2.25. The van der Waals surface area contributed by atoms with Gasteiger partial charge in [0.2, 0.25) is 0 Å². The second-order valence-corrected chi connectivity index (χ2v) is 4.20. The van der Waals surface area contributed by atoms with Crippen LogP contribution >= 0.6 is 0 Å². The Morgan fingerprint density at radius 1 is 1.35 bits per heavy atom. The van der Waals surface area contributed by atoms with Gasteiger partial charge in [0.05, 0.1) is 17.4 Å². The zero-order chi connectivity index (χ0) is 14.9. The van der Waals surface area contributed by atoms with Crippen LogP contribution in [0.1, 0.15) is 15.9 Å². The third kappa shape index (κ3) is 2.51. The number of halogens is 2. The van der Waals surface area contributed by atoms with E-state index in [-0.39, 0.29) is 28.3 Å². The molecule has 104 valence electrons. The number of rotatable bonds is 3. The Morgan fingerprint density at radius 2 is 2.05 bits per heavy atom. The van der Waals surface area contributed by atoms with Gasteiger partial charge in [-0.1, -0.05) is 6.07 Å². The van der Waals surface area contributed by atoms with Gasteiger partial charge in [-0.15, -0.1) is 0 Å². The van der Waals surface area contributed by atoms with Gasteiger partial charge in [0.15, 0.2) is 5.82 Å². The summed E-state index contributed by atoms with van der Waals surface area (Å²) >= 11 is 0. The first kappa shape index (κ1) is 13.7. The summed E-state index contributed by atoms with van der Waals surface area (Å²) in [6.45, 7) is 1.51. The molecule has 0 radical (unpaired) electrons. The number of carbonyl (C=O) groups is 1. The third-order valence-electron chi connectivity index (χ3n) is 2.74. The summed E-state index contributed by atoms with van der Waals surface area (Å²) in [5.41, 5.74) is 10.7. The first-order valence-electron chi connectivity index (χ1n) is 5.67. The van der Waals surface area contributed by atoms with Crippen LogP contribution in [0.2, 0.25) is 0 Å². The number of carbonyl (C=O) groups excluding carboxylic acids is 1. The summed E-state index contributed by atoms with van der Waals surface area (Å²) in [5, 5.41) is 2.48. The van der Waals surface area contributed by atoms with Crippen molar-refractivity contribution in [2.75, 3.05) is 11.1 Å². The van der Waals surface area contributed by atoms with E-state index in [9.17, 15) is 13.6 Å². The van der Waals surface area contributed by atoms with E-state index < -0.39 is 17.5 Å². The van der Waals surface area contributed by atoms with Crippen molar-refractivity contribution in [1.82, 2.24) is 4.98 Å². The lowest BCUT2D eigenvalue weighted by molar-refractivity contribution is 0.100. The Bertz CT molecular complexity index is 688. The number of pyridine rings is 1. The van der Waals surface area contributed by atoms with Crippen LogP contribution in [0.3, 0.4) is 0 Å². The van der Waals surface area contributed by atoms with Crippen molar-refractivity contribution in [3.8, 4) is 0 Å². The fraction of sp³-hybridized carbons (Fsp3) is 0.0769. The molecule has 0 saturated carbocycles. The molecule has 5 N–H and O–H groups in total. The fourth-order valence-corrected chi connectivity index (χ4v) is 1.65. The summed E-state index contributed by atoms with van der Waals surface area (Å²) in [4.78, 5) is 15.0. The number of anilines is 3. The number of hydrogen-bond donors (Lipinski definition) is 3. The van der Waals surface area contributed by atoms with E-state index in [1.807, 2.05) is 0 Å². The largest absolute Gasteiger partial charge is 0.397 e. The molecule has 1 amide bonds.